The van der Waals surface area contributed by atoms with Gasteiger partial charge in [-0.3, -0.25) is 0 Å². The monoisotopic (exact) mass is 257 g/mol. The number of aromatic nitrogens is 2. The van der Waals surface area contributed by atoms with Gasteiger partial charge in [0.25, 0.3) is 0 Å². The summed E-state index contributed by atoms with van der Waals surface area (Å²) in [6.07, 6.45) is 5.49. The summed E-state index contributed by atoms with van der Waals surface area (Å²) in [5.41, 5.74) is 8.89. The van der Waals surface area contributed by atoms with Crippen molar-refractivity contribution in [3.05, 3.63) is 24.0 Å². The highest BCUT2D eigenvalue weighted by atomic mass is 15.1. The van der Waals surface area contributed by atoms with Gasteiger partial charge in [0.2, 0.25) is 0 Å². The van der Waals surface area contributed by atoms with E-state index in [0.29, 0.717) is 0 Å². The zero-order valence-corrected chi connectivity index (χ0v) is 11.9. The second-order valence-corrected chi connectivity index (χ2v) is 6.16. The molecule has 0 aliphatic heterocycles. The van der Waals surface area contributed by atoms with E-state index in [1.54, 1.807) is 0 Å². The van der Waals surface area contributed by atoms with Gasteiger partial charge in [-0.1, -0.05) is 19.8 Å². The first-order chi connectivity index (χ1) is 9.13. The third kappa shape index (κ3) is 2.46. The molecule has 2 N–H and O–H groups in total. The number of anilines is 1. The van der Waals surface area contributed by atoms with Crippen LogP contribution >= 0.6 is 0 Å². The molecule has 2 unspecified atom stereocenters. The van der Waals surface area contributed by atoms with Crippen LogP contribution in [0.3, 0.4) is 0 Å². The molecule has 0 bridgehead atoms. The minimum atomic E-state index is 0.795. The molecule has 3 rings (SSSR count). The normalized spacial score (nSPS) is 23.9. The second-order valence-electron chi connectivity index (χ2n) is 6.16. The van der Waals surface area contributed by atoms with Crippen LogP contribution in [0.25, 0.3) is 11.0 Å². The number of rotatable bonds is 2. The fourth-order valence-electron chi connectivity index (χ4n) is 3.48. The summed E-state index contributed by atoms with van der Waals surface area (Å²) in [5.74, 6) is 2.79. The molecule has 0 spiro atoms. The average molecular weight is 257 g/mol. The van der Waals surface area contributed by atoms with Crippen LogP contribution in [0, 0.1) is 18.8 Å². The first-order valence-electron chi connectivity index (χ1n) is 7.36. The Kier molecular flexibility index (Phi) is 3.21. The topological polar surface area (TPSA) is 43.8 Å². The molecule has 3 nitrogen and oxygen atoms in total. The molecule has 0 saturated heterocycles. The molecular weight excluding hydrogens is 234 g/mol. The summed E-state index contributed by atoms with van der Waals surface area (Å²) in [6, 6.07) is 6.06. The van der Waals surface area contributed by atoms with E-state index >= 15 is 0 Å². The summed E-state index contributed by atoms with van der Waals surface area (Å²) in [7, 11) is 0. The van der Waals surface area contributed by atoms with Crippen molar-refractivity contribution in [2.45, 2.75) is 46.1 Å². The number of benzene rings is 1. The van der Waals surface area contributed by atoms with Gasteiger partial charge in [0.05, 0.1) is 11.0 Å². The summed E-state index contributed by atoms with van der Waals surface area (Å²) < 4.78 is 2.37. The van der Waals surface area contributed by atoms with E-state index in [1.165, 1.54) is 31.2 Å². The number of hydrogen-bond acceptors (Lipinski definition) is 2. The lowest BCUT2D eigenvalue weighted by molar-refractivity contribution is 0.257. The molecular formula is C16H23N3. The fourth-order valence-corrected chi connectivity index (χ4v) is 3.48. The number of nitrogen functional groups attached to an aromatic ring is 1. The summed E-state index contributed by atoms with van der Waals surface area (Å²) in [6.45, 7) is 5.59. The van der Waals surface area contributed by atoms with E-state index in [-0.39, 0.29) is 0 Å². The minimum absolute atomic E-state index is 0.795. The van der Waals surface area contributed by atoms with Crippen LogP contribution in [0.4, 0.5) is 5.69 Å². The minimum Gasteiger partial charge on any atom is -0.399 e. The van der Waals surface area contributed by atoms with E-state index in [2.05, 4.69) is 29.5 Å². The van der Waals surface area contributed by atoms with Gasteiger partial charge in [0.15, 0.2) is 0 Å². The van der Waals surface area contributed by atoms with Gasteiger partial charge in [0, 0.05) is 12.2 Å². The van der Waals surface area contributed by atoms with Crippen molar-refractivity contribution in [2.75, 3.05) is 5.73 Å². The smallest absolute Gasteiger partial charge is 0.106 e. The molecule has 19 heavy (non-hydrogen) atoms. The average Bonchev–Trinajstić information content (AvgIpc) is 2.65. The number of nitrogens with zero attached hydrogens (tertiary/aromatic N) is 2. The van der Waals surface area contributed by atoms with Crippen molar-refractivity contribution < 1.29 is 0 Å². The Morgan fingerprint density at radius 1 is 1.37 bits per heavy atom. The molecule has 0 radical (unpaired) electrons. The number of aryl methyl sites for hydroxylation is 1. The van der Waals surface area contributed by atoms with Crippen LogP contribution in [0.2, 0.25) is 0 Å². The van der Waals surface area contributed by atoms with Gasteiger partial charge < -0.3 is 10.3 Å². The molecule has 1 heterocycles. The highest BCUT2D eigenvalue weighted by Gasteiger charge is 2.20. The summed E-state index contributed by atoms with van der Waals surface area (Å²) in [5, 5.41) is 0. The molecule has 1 aliphatic rings. The van der Waals surface area contributed by atoms with Gasteiger partial charge in [0.1, 0.15) is 5.82 Å². The maximum Gasteiger partial charge on any atom is 0.106 e. The Hall–Kier alpha value is -1.51. The molecule has 2 aromatic rings. The van der Waals surface area contributed by atoms with Crippen molar-refractivity contribution in [3.63, 3.8) is 0 Å². The zero-order chi connectivity index (χ0) is 13.4. The third-order valence-corrected chi connectivity index (χ3v) is 4.45. The maximum absolute atomic E-state index is 5.84. The number of hydrogen-bond donors (Lipinski definition) is 1. The van der Waals surface area contributed by atoms with E-state index in [0.717, 1.165) is 35.4 Å². The Morgan fingerprint density at radius 2 is 2.21 bits per heavy atom. The summed E-state index contributed by atoms with van der Waals surface area (Å²) in [4.78, 5) is 4.64. The van der Waals surface area contributed by atoms with Crippen LogP contribution in [-0.2, 0) is 6.54 Å². The predicted octanol–water partition coefficient (Wildman–Crippen LogP) is 3.75. The number of imidazole rings is 1. The maximum atomic E-state index is 5.84. The largest absolute Gasteiger partial charge is 0.399 e. The van der Waals surface area contributed by atoms with Crippen molar-refractivity contribution in [1.82, 2.24) is 9.55 Å². The molecule has 2 atom stereocenters. The molecule has 3 heteroatoms. The van der Waals surface area contributed by atoms with Gasteiger partial charge in [-0.15, -0.1) is 0 Å². The quantitative estimate of drug-likeness (QED) is 0.833. The number of fused-ring (bicyclic) bond motifs is 1. The van der Waals surface area contributed by atoms with Gasteiger partial charge in [-0.05, 0) is 49.8 Å². The van der Waals surface area contributed by atoms with Gasteiger partial charge in [-0.25, -0.2) is 4.98 Å². The molecule has 1 fully saturated rings. The van der Waals surface area contributed by atoms with E-state index in [9.17, 15) is 0 Å². The number of nitrogens with two attached hydrogens (primary N) is 1. The molecule has 1 saturated carbocycles. The fraction of sp³-hybridized carbons (Fsp3) is 0.562. The first-order valence-corrected chi connectivity index (χ1v) is 7.36. The zero-order valence-electron chi connectivity index (χ0n) is 11.9. The molecule has 0 amide bonds. The Bertz CT molecular complexity index is 585. The lowest BCUT2D eigenvalue weighted by Crippen LogP contribution is -2.19. The Labute approximate surface area is 114 Å². The Morgan fingerprint density at radius 3 is 3.00 bits per heavy atom. The van der Waals surface area contributed by atoms with Crippen LogP contribution in [0.15, 0.2) is 18.2 Å². The van der Waals surface area contributed by atoms with Crippen molar-refractivity contribution >= 4 is 16.7 Å². The first kappa shape index (κ1) is 12.5. The predicted molar refractivity (Wildman–Crippen MR) is 80.0 cm³/mol. The van der Waals surface area contributed by atoms with Crippen molar-refractivity contribution in [3.8, 4) is 0 Å². The van der Waals surface area contributed by atoms with Gasteiger partial charge in [-0.2, -0.15) is 0 Å². The lowest BCUT2D eigenvalue weighted by Gasteiger charge is -2.27. The van der Waals surface area contributed by atoms with E-state index < -0.39 is 0 Å². The molecule has 1 aromatic heterocycles. The molecule has 102 valence electrons. The standard InChI is InChI=1S/C16H23N3/c1-11-4-3-5-13(8-11)10-19-12(2)18-15-9-14(17)6-7-16(15)19/h6-7,9,11,13H,3-5,8,10,17H2,1-2H3. The van der Waals surface area contributed by atoms with Crippen molar-refractivity contribution in [2.24, 2.45) is 11.8 Å². The van der Waals surface area contributed by atoms with Crippen LogP contribution in [-0.4, -0.2) is 9.55 Å². The van der Waals surface area contributed by atoms with Gasteiger partial charge >= 0.3 is 0 Å². The summed E-state index contributed by atoms with van der Waals surface area (Å²) >= 11 is 0. The van der Waals surface area contributed by atoms with Crippen LogP contribution in [0.5, 0.6) is 0 Å². The molecule has 1 aliphatic carbocycles. The van der Waals surface area contributed by atoms with E-state index in [4.69, 9.17) is 5.73 Å². The molecule has 1 aromatic carbocycles. The highest BCUT2D eigenvalue weighted by molar-refractivity contribution is 5.79. The van der Waals surface area contributed by atoms with Crippen molar-refractivity contribution in [1.29, 1.82) is 0 Å². The second kappa shape index (κ2) is 4.87. The van der Waals surface area contributed by atoms with E-state index in [1.807, 2.05) is 12.1 Å². The van der Waals surface area contributed by atoms with Crippen LogP contribution in [0.1, 0.15) is 38.4 Å². The SMILES string of the molecule is Cc1nc2cc(N)ccc2n1CC1CCCC(C)C1. The van der Waals surface area contributed by atoms with Crippen LogP contribution < -0.4 is 5.73 Å². The third-order valence-electron chi connectivity index (χ3n) is 4.45. The highest BCUT2D eigenvalue weighted by Crippen LogP contribution is 2.31. The lowest BCUT2D eigenvalue weighted by atomic mass is 9.82. The Balaban J connectivity index is 1.89.